The number of carbonyl (C=O) groups is 1. The molecule has 1 fully saturated rings. The lowest BCUT2D eigenvalue weighted by Gasteiger charge is -2.36. The Kier molecular flexibility index (Phi) is 6.46. The van der Waals surface area contributed by atoms with E-state index in [1.165, 1.54) is 28.6 Å². The smallest absolute Gasteiger partial charge is 0.269 e. The van der Waals surface area contributed by atoms with Crippen molar-refractivity contribution in [1.82, 2.24) is 9.47 Å². The molecule has 1 amide bonds. The average Bonchev–Trinajstić information content (AvgIpc) is 3.24. The van der Waals surface area contributed by atoms with Crippen molar-refractivity contribution in [2.45, 2.75) is 19.3 Å². The number of hydrogen-bond donors (Lipinski definition) is 0. The van der Waals surface area contributed by atoms with E-state index >= 15 is 0 Å². The predicted molar refractivity (Wildman–Crippen MR) is 142 cm³/mol. The van der Waals surface area contributed by atoms with E-state index in [1.54, 1.807) is 12.1 Å². The summed E-state index contributed by atoms with van der Waals surface area (Å²) >= 11 is 0. The lowest BCUT2D eigenvalue weighted by Crippen LogP contribution is -2.49. The molecule has 0 radical (unpaired) electrons. The zero-order valence-corrected chi connectivity index (χ0v) is 20.6. The number of amides is 1. The van der Waals surface area contributed by atoms with E-state index in [9.17, 15) is 14.9 Å². The van der Waals surface area contributed by atoms with E-state index in [1.807, 2.05) is 11.0 Å². The van der Waals surface area contributed by atoms with Gasteiger partial charge in [-0.05, 0) is 36.2 Å². The van der Waals surface area contributed by atoms with Gasteiger partial charge in [0.25, 0.3) is 5.69 Å². The summed E-state index contributed by atoms with van der Waals surface area (Å²) in [5.41, 5.74) is 5.71. The van der Waals surface area contributed by atoms with Gasteiger partial charge in [0.2, 0.25) is 5.91 Å². The number of rotatable bonds is 6. The number of non-ortho nitro benzene ring substituents is 1. The van der Waals surface area contributed by atoms with Gasteiger partial charge in [-0.3, -0.25) is 14.9 Å². The van der Waals surface area contributed by atoms with Crippen molar-refractivity contribution >= 4 is 28.2 Å². The molecule has 0 unspecified atom stereocenters. The highest BCUT2D eigenvalue weighted by Gasteiger charge is 2.27. The average molecular weight is 483 g/mol. The molecule has 36 heavy (non-hydrogen) atoms. The number of nitro benzene ring substituents is 1. The molecule has 0 bridgehead atoms. The third-order valence-electron chi connectivity index (χ3n) is 7.22. The number of para-hydroxylation sites is 1. The molecule has 1 atom stereocenters. The Morgan fingerprint density at radius 1 is 0.944 bits per heavy atom. The third kappa shape index (κ3) is 4.69. The van der Waals surface area contributed by atoms with Crippen molar-refractivity contribution in [2.24, 2.45) is 7.05 Å². The van der Waals surface area contributed by atoms with Gasteiger partial charge in [0.15, 0.2) is 0 Å². The second-order valence-corrected chi connectivity index (χ2v) is 9.52. The highest BCUT2D eigenvalue weighted by molar-refractivity contribution is 5.86. The maximum absolute atomic E-state index is 13.6. The summed E-state index contributed by atoms with van der Waals surface area (Å²) in [7, 11) is 2.05. The second-order valence-electron chi connectivity index (χ2n) is 9.52. The Morgan fingerprint density at radius 3 is 2.28 bits per heavy atom. The normalized spacial score (nSPS) is 14.7. The van der Waals surface area contributed by atoms with E-state index in [0.29, 0.717) is 32.6 Å². The van der Waals surface area contributed by atoms with Crippen molar-refractivity contribution in [1.29, 1.82) is 0 Å². The van der Waals surface area contributed by atoms with Crippen molar-refractivity contribution in [3.05, 3.63) is 106 Å². The quantitative estimate of drug-likeness (QED) is 0.277. The standard InChI is InChI=1S/C29H30N4O3/c1-21-7-9-22(10-8-21)26(27-20-30(2)28-6-4-3-5-25(27)28)19-29(34)32-17-15-31(16-18-32)23-11-13-24(14-12-23)33(35)36/h3-14,20,26H,15-19H2,1-2H3/t26-/m0/s1. The molecule has 0 saturated carbocycles. The second kappa shape index (κ2) is 9.85. The number of anilines is 1. The number of piperazine rings is 1. The molecule has 2 heterocycles. The van der Waals surface area contributed by atoms with E-state index < -0.39 is 0 Å². The first-order chi connectivity index (χ1) is 17.4. The van der Waals surface area contributed by atoms with Crippen LogP contribution >= 0.6 is 0 Å². The van der Waals surface area contributed by atoms with Crippen LogP contribution in [0.15, 0.2) is 79.0 Å². The predicted octanol–water partition coefficient (Wildman–Crippen LogP) is 5.27. The van der Waals surface area contributed by atoms with Crippen LogP contribution in [0.1, 0.15) is 29.0 Å². The fraction of sp³-hybridized carbons (Fsp3) is 0.276. The molecule has 184 valence electrons. The van der Waals surface area contributed by atoms with Gasteiger partial charge in [0.1, 0.15) is 0 Å². The molecule has 0 aliphatic carbocycles. The highest BCUT2D eigenvalue weighted by Crippen LogP contribution is 2.35. The molecule has 1 aliphatic heterocycles. The Morgan fingerprint density at radius 2 is 1.61 bits per heavy atom. The number of nitrogens with zero attached hydrogens (tertiary/aromatic N) is 4. The summed E-state index contributed by atoms with van der Waals surface area (Å²) in [5, 5.41) is 12.1. The minimum Gasteiger partial charge on any atom is -0.368 e. The summed E-state index contributed by atoms with van der Waals surface area (Å²) in [5.74, 6) is 0.119. The first-order valence-electron chi connectivity index (χ1n) is 12.3. The maximum atomic E-state index is 13.6. The summed E-state index contributed by atoms with van der Waals surface area (Å²) < 4.78 is 2.14. The molecule has 0 spiro atoms. The summed E-state index contributed by atoms with van der Waals surface area (Å²) in [6.45, 7) is 4.74. The minimum absolute atomic E-state index is 0.0306. The van der Waals surface area contributed by atoms with E-state index in [0.717, 1.165) is 16.8 Å². The molecule has 1 saturated heterocycles. The zero-order valence-electron chi connectivity index (χ0n) is 20.6. The summed E-state index contributed by atoms with van der Waals surface area (Å²) in [4.78, 5) is 28.2. The maximum Gasteiger partial charge on any atom is 0.269 e. The summed E-state index contributed by atoms with van der Waals surface area (Å²) in [6.07, 6.45) is 2.57. The summed E-state index contributed by atoms with van der Waals surface area (Å²) in [6, 6.07) is 23.5. The number of fused-ring (bicyclic) bond motifs is 1. The van der Waals surface area contributed by atoms with Crippen molar-refractivity contribution in [3.8, 4) is 0 Å². The van der Waals surface area contributed by atoms with Crippen LogP contribution < -0.4 is 4.90 Å². The van der Waals surface area contributed by atoms with Gasteiger partial charge >= 0.3 is 0 Å². The Hall–Kier alpha value is -4.13. The van der Waals surface area contributed by atoms with Crippen molar-refractivity contribution in [3.63, 3.8) is 0 Å². The van der Waals surface area contributed by atoms with Crippen molar-refractivity contribution in [2.75, 3.05) is 31.1 Å². The van der Waals surface area contributed by atoms with Gasteiger partial charge in [0.05, 0.1) is 4.92 Å². The molecule has 4 aromatic rings. The molecule has 3 aromatic carbocycles. The first-order valence-corrected chi connectivity index (χ1v) is 12.3. The molecular weight excluding hydrogens is 452 g/mol. The number of aryl methyl sites for hydroxylation is 2. The lowest BCUT2D eigenvalue weighted by atomic mass is 9.87. The minimum atomic E-state index is -0.388. The van der Waals surface area contributed by atoms with Crippen LogP contribution in [0, 0.1) is 17.0 Å². The number of carbonyl (C=O) groups excluding carboxylic acids is 1. The monoisotopic (exact) mass is 482 g/mol. The van der Waals surface area contributed by atoms with Crippen LogP contribution in [-0.4, -0.2) is 46.5 Å². The zero-order chi connectivity index (χ0) is 25.2. The molecular formula is C29H30N4O3. The molecule has 7 nitrogen and oxygen atoms in total. The molecule has 5 rings (SSSR count). The Labute approximate surface area is 210 Å². The van der Waals surface area contributed by atoms with Crippen LogP contribution in [0.2, 0.25) is 0 Å². The molecule has 1 aromatic heterocycles. The van der Waals surface area contributed by atoms with Crippen LogP contribution in [0.25, 0.3) is 10.9 Å². The lowest BCUT2D eigenvalue weighted by molar-refractivity contribution is -0.384. The number of nitro groups is 1. The van der Waals surface area contributed by atoms with Crippen LogP contribution in [-0.2, 0) is 11.8 Å². The fourth-order valence-electron chi connectivity index (χ4n) is 5.16. The number of hydrogen-bond acceptors (Lipinski definition) is 4. The highest BCUT2D eigenvalue weighted by atomic mass is 16.6. The first kappa shape index (κ1) is 23.6. The van der Waals surface area contributed by atoms with Crippen LogP contribution in [0.4, 0.5) is 11.4 Å². The topological polar surface area (TPSA) is 71.6 Å². The van der Waals surface area contributed by atoms with Gasteiger partial charge in [-0.15, -0.1) is 0 Å². The van der Waals surface area contributed by atoms with Crippen molar-refractivity contribution < 1.29 is 9.72 Å². The van der Waals surface area contributed by atoms with Crippen LogP contribution in [0.5, 0.6) is 0 Å². The van der Waals surface area contributed by atoms with E-state index in [4.69, 9.17) is 0 Å². The fourth-order valence-corrected chi connectivity index (χ4v) is 5.16. The Bertz CT molecular complexity index is 1380. The largest absolute Gasteiger partial charge is 0.368 e. The van der Waals surface area contributed by atoms with Gasteiger partial charge in [-0.1, -0.05) is 48.0 Å². The van der Waals surface area contributed by atoms with E-state index in [-0.39, 0.29) is 22.4 Å². The van der Waals surface area contributed by atoms with Gasteiger partial charge in [-0.25, -0.2) is 0 Å². The van der Waals surface area contributed by atoms with Gasteiger partial charge in [0, 0.05) is 80.5 Å². The van der Waals surface area contributed by atoms with Gasteiger partial charge < -0.3 is 14.4 Å². The SMILES string of the molecule is Cc1ccc([C@H](CC(=O)N2CCN(c3ccc([N+](=O)[O-])cc3)CC2)c2cn(C)c3ccccc23)cc1. The molecule has 0 N–H and O–H groups in total. The van der Waals surface area contributed by atoms with Crippen LogP contribution in [0.3, 0.4) is 0 Å². The molecule has 7 heteroatoms. The number of aromatic nitrogens is 1. The van der Waals surface area contributed by atoms with E-state index in [2.05, 4.69) is 72.1 Å². The number of benzene rings is 3. The van der Waals surface area contributed by atoms with Gasteiger partial charge in [-0.2, -0.15) is 0 Å². The third-order valence-corrected chi connectivity index (χ3v) is 7.22. The Balaban J connectivity index is 1.34. The molecule has 1 aliphatic rings.